The first-order chi connectivity index (χ1) is 22.2. The van der Waals surface area contributed by atoms with Crippen LogP contribution in [0.5, 0.6) is 0 Å². The van der Waals surface area contributed by atoms with Gasteiger partial charge in [-0.15, -0.1) is 0 Å². The highest BCUT2D eigenvalue weighted by Gasteiger charge is 2.40. The third kappa shape index (κ3) is 8.67. The van der Waals surface area contributed by atoms with Crippen molar-refractivity contribution in [2.75, 3.05) is 39.3 Å². The smallest absolute Gasteiger partial charge is 0.416 e. The normalized spacial score (nSPS) is 22.2. The number of pyridine rings is 1. The molecule has 9 heteroatoms. The number of halogens is 3. The summed E-state index contributed by atoms with van der Waals surface area (Å²) in [5, 5.41) is 1.03. The summed E-state index contributed by atoms with van der Waals surface area (Å²) in [7, 11) is 0. The van der Waals surface area contributed by atoms with Crippen LogP contribution < -0.4 is 0 Å². The summed E-state index contributed by atoms with van der Waals surface area (Å²) in [5.41, 5.74) is 1.37. The molecule has 0 amide bonds. The van der Waals surface area contributed by atoms with Crippen LogP contribution in [0.3, 0.4) is 0 Å². The highest BCUT2D eigenvalue weighted by atomic mass is 32.2. The van der Waals surface area contributed by atoms with Crippen molar-refractivity contribution in [3.63, 3.8) is 0 Å². The highest BCUT2D eigenvalue weighted by Crippen LogP contribution is 2.44. The van der Waals surface area contributed by atoms with E-state index >= 15 is 0 Å². The molecular weight excluding hydrogens is 607 g/mol. The fourth-order valence-electron chi connectivity index (χ4n) is 7.88. The zero-order chi connectivity index (χ0) is 32.6. The second-order valence-electron chi connectivity index (χ2n) is 13.6. The molecule has 0 saturated carbocycles. The van der Waals surface area contributed by atoms with Gasteiger partial charge in [0.1, 0.15) is 5.76 Å². The monoisotopic (exact) mass is 659 g/mol. The van der Waals surface area contributed by atoms with Gasteiger partial charge in [0.05, 0.1) is 22.9 Å². The minimum absolute atomic E-state index is 0.0743. The van der Waals surface area contributed by atoms with Crippen molar-refractivity contribution in [1.29, 1.82) is 0 Å². The van der Waals surface area contributed by atoms with Crippen LogP contribution in [0.15, 0.2) is 41.8 Å². The van der Waals surface area contributed by atoms with Gasteiger partial charge in [-0.2, -0.15) is 13.2 Å². The maximum atomic E-state index is 13.7. The Labute approximate surface area is 277 Å². The van der Waals surface area contributed by atoms with E-state index in [1.165, 1.54) is 62.4 Å². The molecule has 2 atom stereocenters. The predicted octanol–water partition coefficient (Wildman–Crippen LogP) is 9.49. The maximum Gasteiger partial charge on any atom is 0.416 e. The minimum atomic E-state index is -4.40. The molecule has 2 aromatic rings. The van der Waals surface area contributed by atoms with Crippen LogP contribution in [-0.2, 0) is 21.2 Å². The van der Waals surface area contributed by atoms with Crippen molar-refractivity contribution < 1.29 is 22.7 Å². The Hall–Kier alpha value is -2.10. The number of carbonyl (C=O) groups excluding carboxylic acids is 1. The number of likely N-dealkylation sites (tertiary alicyclic amines) is 2. The van der Waals surface area contributed by atoms with Gasteiger partial charge in [0.25, 0.3) is 0 Å². The quantitative estimate of drug-likeness (QED) is 0.200. The number of benzene rings is 1. The van der Waals surface area contributed by atoms with E-state index in [0.717, 1.165) is 106 Å². The Morgan fingerprint density at radius 3 is 2.22 bits per heavy atom. The maximum absolute atomic E-state index is 13.7. The molecule has 2 saturated heterocycles. The molecule has 254 valence electrons. The average molecular weight is 660 g/mol. The van der Waals surface area contributed by atoms with E-state index in [1.54, 1.807) is 12.3 Å². The van der Waals surface area contributed by atoms with Crippen molar-refractivity contribution in [2.24, 2.45) is 0 Å². The number of carbonyl (C=O) groups is 1. The van der Waals surface area contributed by atoms with Gasteiger partial charge in [0, 0.05) is 22.7 Å². The fraction of sp³-hybridized carbons (Fsp3) is 0.676. The topological polar surface area (TPSA) is 45.7 Å². The number of aromatic nitrogens is 1. The molecule has 0 bridgehead atoms. The van der Waals surface area contributed by atoms with Crippen molar-refractivity contribution in [3.8, 4) is 0 Å². The molecule has 0 N–H and O–H groups in total. The molecule has 3 aliphatic rings. The SMILES string of the molecule is CC1=C(OCCCCCC(CCCN2CCCCCC2)(c2ccnc3cc(C(F)(F)F)ccc23)N2CCCCCC2)C(C)SC1=O. The van der Waals surface area contributed by atoms with Crippen LogP contribution in [0.1, 0.15) is 115 Å². The van der Waals surface area contributed by atoms with Crippen LogP contribution in [-0.4, -0.2) is 64.5 Å². The van der Waals surface area contributed by atoms with Gasteiger partial charge in [0.2, 0.25) is 5.12 Å². The molecule has 0 spiro atoms. The Morgan fingerprint density at radius 1 is 0.891 bits per heavy atom. The van der Waals surface area contributed by atoms with Crippen LogP contribution in [0.4, 0.5) is 13.2 Å². The second-order valence-corrected chi connectivity index (χ2v) is 14.9. The lowest BCUT2D eigenvalue weighted by molar-refractivity contribution is -0.137. The van der Waals surface area contributed by atoms with Crippen LogP contribution in [0.25, 0.3) is 10.9 Å². The van der Waals surface area contributed by atoms with Gasteiger partial charge in [-0.05, 0) is 128 Å². The first kappa shape index (κ1) is 35.2. The molecule has 2 unspecified atom stereocenters. The third-order valence-corrected chi connectivity index (χ3v) is 11.5. The minimum Gasteiger partial charge on any atom is -0.496 e. The van der Waals surface area contributed by atoms with E-state index in [4.69, 9.17) is 4.74 Å². The summed E-state index contributed by atoms with van der Waals surface area (Å²) >= 11 is 1.33. The van der Waals surface area contributed by atoms with E-state index < -0.39 is 11.7 Å². The van der Waals surface area contributed by atoms with E-state index in [0.29, 0.717) is 12.1 Å². The van der Waals surface area contributed by atoms with Crippen LogP contribution >= 0.6 is 11.8 Å². The molecule has 0 aliphatic carbocycles. The lowest BCUT2D eigenvalue weighted by Gasteiger charge is -2.46. The van der Waals surface area contributed by atoms with E-state index in [9.17, 15) is 18.0 Å². The molecule has 4 heterocycles. The standard InChI is InChI=1S/C37H52F3N3O2S/c1-28-34(29(2)46-35(28)44)45-26-13-7-8-18-36(43-24-11-5-6-12-25-43,19-14-23-42-21-9-3-4-10-22-42)32-17-20-41-33-27-30(37(38,39)40)15-16-31(32)33/h15-17,20,27,29H,3-14,18-19,21-26H2,1-2H3. The number of hydrogen-bond acceptors (Lipinski definition) is 6. The summed E-state index contributed by atoms with van der Waals surface area (Å²) in [5.74, 6) is 0.823. The van der Waals surface area contributed by atoms with E-state index in [2.05, 4.69) is 20.9 Å². The first-order valence-electron chi connectivity index (χ1n) is 17.7. The average Bonchev–Trinajstić information content (AvgIpc) is 3.35. The molecule has 46 heavy (non-hydrogen) atoms. The van der Waals surface area contributed by atoms with Gasteiger partial charge >= 0.3 is 6.18 Å². The molecule has 5 nitrogen and oxygen atoms in total. The van der Waals surface area contributed by atoms with Gasteiger partial charge in [-0.1, -0.05) is 49.9 Å². The summed E-state index contributed by atoms with van der Waals surface area (Å²) in [6, 6.07) is 6.23. The number of fused-ring (bicyclic) bond motifs is 1. The molecule has 1 aromatic carbocycles. The number of nitrogens with zero attached hydrogens (tertiary/aromatic N) is 3. The number of thioether (sulfide) groups is 1. The van der Waals surface area contributed by atoms with Crippen molar-refractivity contribution >= 4 is 27.8 Å². The van der Waals surface area contributed by atoms with Gasteiger partial charge in [-0.3, -0.25) is 14.7 Å². The Kier molecular flexibility index (Phi) is 12.5. The Balaban J connectivity index is 1.41. The number of ether oxygens (including phenoxy) is 1. The van der Waals surface area contributed by atoms with Gasteiger partial charge < -0.3 is 9.64 Å². The molecular formula is C37H52F3N3O2S. The lowest BCUT2D eigenvalue weighted by Crippen LogP contribution is -2.47. The number of unbranched alkanes of at least 4 members (excludes halogenated alkanes) is 2. The van der Waals surface area contributed by atoms with Gasteiger partial charge in [-0.25, -0.2) is 0 Å². The summed E-state index contributed by atoms with van der Waals surface area (Å²) in [6.45, 7) is 9.87. The molecule has 2 fully saturated rings. The van der Waals surface area contributed by atoms with E-state index in [1.807, 2.05) is 13.8 Å². The molecule has 0 radical (unpaired) electrons. The fourth-order valence-corrected chi connectivity index (χ4v) is 8.83. The van der Waals surface area contributed by atoms with Crippen LogP contribution in [0, 0.1) is 0 Å². The van der Waals surface area contributed by atoms with Crippen molar-refractivity contribution in [3.05, 3.63) is 52.9 Å². The molecule has 3 aliphatic heterocycles. The molecule has 1 aromatic heterocycles. The number of hydrogen-bond donors (Lipinski definition) is 0. The second kappa shape index (κ2) is 16.3. The zero-order valence-electron chi connectivity index (χ0n) is 27.8. The van der Waals surface area contributed by atoms with Gasteiger partial charge in [0.15, 0.2) is 0 Å². The van der Waals surface area contributed by atoms with E-state index in [-0.39, 0.29) is 15.9 Å². The number of rotatable bonds is 13. The highest BCUT2D eigenvalue weighted by molar-refractivity contribution is 8.15. The summed E-state index contributed by atoms with van der Waals surface area (Å²) < 4.78 is 47.3. The lowest BCUT2D eigenvalue weighted by atomic mass is 9.77. The van der Waals surface area contributed by atoms with Crippen molar-refractivity contribution in [1.82, 2.24) is 14.8 Å². The Bertz CT molecular complexity index is 1330. The zero-order valence-corrected chi connectivity index (χ0v) is 28.6. The van der Waals surface area contributed by atoms with Crippen LogP contribution in [0.2, 0.25) is 0 Å². The first-order valence-corrected chi connectivity index (χ1v) is 18.6. The van der Waals surface area contributed by atoms with Crippen molar-refractivity contribution in [2.45, 2.75) is 121 Å². The largest absolute Gasteiger partial charge is 0.496 e. The number of alkyl halides is 3. The summed E-state index contributed by atoms with van der Waals surface area (Å²) in [6.07, 6.45) is 13.1. The predicted molar refractivity (Wildman–Crippen MR) is 182 cm³/mol. The third-order valence-electron chi connectivity index (χ3n) is 10.4. The summed E-state index contributed by atoms with van der Waals surface area (Å²) in [4.78, 5) is 21.9. The molecule has 5 rings (SSSR count). The Morgan fingerprint density at radius 2 is 1.57 bits per heavy atom.